The molecular formula is C10H11FN4O2S. The fourth-order valence-electron chi connectivity index (χ4n) is 1.41. The van der Waals surface area contributed by atoms with Gasteiger partial charge in [-0.25, -0.2) is 17.8 Å². The van der Waals surface area contributed by atoms with E-state index in [-0.39, 0.29) is 6.54 Å². The van der Waals surface area contributed by atoms with Crippen LogP contribution in [0.25, 0.3) is 0 Å². The summed E-state index contributed by atoms with van der Waals surface area (Å²) in [6, 6.07) is 2.40. The summed E-state index contributed by atoms with van der Waals surface area (Å²) in [5.41, 5.74) is 0.678. The van der Waals surface area contributed by atoms with E-state index in [0.29, 0.717) is 5.56 Å². The van der Waals surface area contributed by atoms with E-state index in [4.69, 9.17) is 0 Å². The van der Waals surface area contributed by atoms with Gasteiger partial charge in [0.05, 0.1) is 6.20 Å². The molecule has 0 fully saturated rings. The lowest BCUT2D eigenvalue weighted by atomic mass is 10.4. The predicted molar refractivity (Wildman–Crippen MR) is 61.4 cm³/mol. The molecular weight excluding hydrogens is 259 g/mol. The first-order valence-electron chi connectivity index (χ1n) is 5.06. The molecule has 0 saturated carbocycles. The fraction of sp³-hybridized carbons (Fsp3) is 0.200. The van der Waals surface area contributed by atoms with Gasteiger partial charge in [0.1, 0.15) is 0 Å². The van der Waals surface area contributed by atoms with Gasteiger partial charge in [-0.1, -0.05) is 0 Å². The van der Waals surface area contributed by atoms with E-state index in [1.54, 1.807) is 6.20 Å². The molecule has 0 atom stereocenters. The Morgan fingerprint density at radius 3 is 2.89 bits per heavy atom. The molecule has 0 aromatic carbocycles. The van der Waals surface area contributed by atoms with E-state index >= 15 is 0 Å². The third-order valence-electron chi connectivity index (χ3n) is 2.34. The average molecular weight is 270 g/mol. The minimum Gasteiger partial charge on any atom is -0.285 e. The number of pyridine rings is 1. The zero-order chi connectivity index (χ0) is 13.2. The quantitative estimate of drug-likeness (QED) is 0.889. The molecule has 2 aromatic heterocycles. The first-order valence-corrected chi connectivity index (χ1v) is 6.50. The van der Waals surface area contributed by atoms with Gasteiger partial charge in [0.25, 0.3) is 10.0 Å². The summed E-state index contributed by atoms with van der Waals surface area (Å²) in [5, 5.41) is 5.71. The molecule has 0 aliphatic heterocycles. The van der Waals surface area contributed by atoms with Gasteiger partial charge in [0, 0.05) is 31.5 Å². The maximum atomic E-state index is 13.4. The van der Waals surface area contributed by atoms with Gasteiger partial charge in [-0.15, -0.1) is 0 Å². The zero-order valence-electron chi connectivity index (χ0n) is 9.54. The molecule has 2 aromatic rings. The van der Waals surface area contributed by atoms with Gasteiger partial charge in [-0.3, -0.25) is 5.10 Å². The Labute approximate surface area is 104 Å². The van der Waals surface area contributed by atoms with E-state index in [1.807, 2.05) is 0 Å². The maximum absolute atomic E-state index is 13.4. The molecule has 96 valence electrons. The molecule has 0 radical (unpaired) electrons. The molecule has 0 bridgehead atoms. The number of H-pyrrole nitrogens is 1. The predicted octanol–water partition coefficient (Wildman–Crippen LogP) is 0.764. The SMILES string of the molecule is CN(Cc1cn[nH]c1)S(=O)(=O)c1ncccc1F. The Morgan fingerprint density at radius 2 is 2.28 bits per heavy atom. The van der Waals surface area contributed by atoms with Crippen molar-refractivity contribution >= 4 is 10.0 Å². The second-order valence-corrected chi connectivity index (χ2v) is 5.62. The molecule has 0 aliphatic rings. The molecule has 18 heavy (non-hydrogen) atoms. The van der Waals surface area contributed by atoms with Crippen LogP contribution in [0.1, 0.15) is 5.56 Å². The van der Waals surface area contributed by atoms with Gasteiger partial charge in [-0.2, -0.15) is 9.40 Å². The van der Waals surface area contributed by atoms with Crippen LogP contribution in [0.5, 0.6) is 0 Å². The molecule has 0 aliphatic carbocycles. The molecule has 2 heterocycles. The summed E-state index contributed by atoms with van der Waals surface area (Å²) < 4.78 is 38.6. The van der Waals surface area contributed by atoms with Crippen LogP contribution in [0.4, 0.5) is 4.39 Å². The third-order valence-corrected chi connectivity index (χ3v) is 4.08. The highest BCUT2D eigenvalue weighted by atomic mass is 32.2. The fourth-order valence-corrected chi connectivity index (χ4v) is 2.54. The van der Waals surface area contributed by atoms with Crippen LogP contribution >= 0.6 is 0 Å². The van der Waals surface area contributed by atoms with E-state index in [9.17, 15) is 12.8 Å². The second kappa shape index (κ2) is 4.83. The Kier molecular flexibility index (Phi) is 3.39. The van der Waals surface area contributed by atoms with Gasteiger partial charge in [-0.05, 0) is 12.1 Å². The van der Waals surface area contributed by atoms with Crippen molar-refractivity contribution < 1.29 is 12.8 Å². The average Bonchev–Trinajstić information content (AvgIpc) is 2.82. The van der Waals surface area contributed by atoms with Gasteiger partial charge >= 0.3 is 0 Å². The van der Waals surface area contributed by atoms with Gasteiger partial charge in [0.2, 0.25) is 5.03 Å². The molecule has 1 N–H and O–H groups in total. The number of halogens is 1. The van der Waals surface area contributed by atoms with Crippen LogP contribution in [0, 0.1) is 5.82 Å². The smallest absolute Gasteiger partial charge is 0.263 e. The lowest BCUT2D eigenvalue weighted by molar-refractivity contribution is 0.455. The van der Waals surface area contributed by atoms with E-state index in [1.165, 1.54) is 25.5 Å². The number of sulfonamides is 1. The Morgan fingerprint density at radius 1 is 1.50 bits per heavy atom. The van der Waals surface area contributed by atoms with Crippen molar-refractivity contribution in [1.82, 2.24) is 19.5 Å². The van der Waals surface area contributed by atoms with Gasteiger partial charge < -0.3 is 0 Å². The van der Waals surface area contributed by atoms with Crippen molar-refractivity contribution in [2.75, 3.05) is 7.05 Å². The summed E-state index contributed by atoms with van der Waals surface area (Å²) >= 11 is 0. The summed E-state index contributed by atoms with van der Waals surface area (Å²) in [6.45, 7) is 0.0921. The normalized spacial score (nSPS) is 11.9. The highest BCUT2D eigenvalue weighted by molar-refractivity contribution is 7.89. The molecule has 8 heteroatoms. The number of hydrogen-bond donors (Lipinski definition) is 1. The molecule has 0 amide bonds. The monoisotopic (exact) mass is 270 g/mol. The van der Waals surface area contributed by atoms with Crippen molar-refractivity contribution in [3.05, 3.63) is 42.1 Å². The van der Waals surface area contributed by atoms with E-state index < -0.39 is 20.9 Å². The Balaban J connectivity index is 2.29. The minimum atomic E-state index is -3.94. The number of nitrogens with one attached hydrogen (secondary N) is 1. The molecule has 0 unspecified atom stereocenters. The number of hydrogen-bond acceptors (Lipinski definition) is 4. The van der Waals surface area contributed by atoms with Crippen LogP contribution in [0.3, 0.4) is 0 Å². The first-order chi connectivity index (χ1) is 8.51. The first kappa shape index (κ1) is 12.7. The van der Waals surface area contributed by atoms with E-state index in [0.717, 1.165) is 10.4 Å². The number of aromatic nitrogens is 3. The molecule has 6 nitrogen and oxygen atoms in total. The number of nitrogens with zero attached hydrogens (tertiary/aromatic N) is 3. The van der Waals surface area contributed by atoms with Crippen molar-refractivity contribution in [1.29, 1.82) is 0 Å². The molecule has 2 rings (SSSR count). The van der Waals surface area contributed by atoms with Crippen LogP contribution < -0.4 is 0 Å². The maximum Gasteiger partial charge on any atom is 0.263 e. The largest absolute Gasteiger partial charge is 0.285 e. The van der Waals surface area contributed by atoms with Crippen LogP contribution in [-0.4, -0.2) is 35.0 Å². The van der Waals surface area contributed by atoms with Crippen molar-refractivity contribution in [3.63, 3.8) is 0 Å². The van der Waals surface area contributed by atoms with Crippen molar-refractivity contribution in [2.24, 2.45) is 0 Å². The second-order valence-electron chi connectivity index (χ2n) is 3.66. The highest BCUT2D eigenvalue weighted by Gasteiger charge is 2.25. The van der Waals surface area contributed by atoms with Crippen LogP contribution in [0.15, 0.2) is 35.7 Å². The lowest BCUT2D eigenvalue weighted by Crippen LogP contribution is -2.27. The minimum absolute atomic E-state index is 0.0921. The summed E-state index contributed by atoms with van der Waals surface area (Å²) in [4.78, 5) is 3.57. The molecule has 0 spiro atoms. The lowest BCUT2D eigenvalue weighted by Gasteiger charge is -2.15. The zero-order valence-corrected chi connectivity index (χ0v) is 10.4. The number of rotatable bonds is 4. The Bertz CT molecular complexity index is 627. The Hall–Kier alpha value is -1.80. The number of aromatic amines is 1. The topological polar surface area (TPSA) is 79.0 Å². The highest BCUT2D eigenvalue weighted by Crippen LogP contribution is 2.16. The summed E-state index contributed by atoms with van der Waals surface area (Å²) in [7, 11) is -2.58. The third kappa shape index (κ3) is 2.39. The molecule has 0 saturated heterocycles. The van der Waals surface area contributed by atoms with Crippen molar-refractivity contribution in [2.45, 2.75) is 11.6 Å². The summed E-state index contributed by atoms with van der Waals surface area (Å²) in [6.07, 6.45) is 4.31. The summed E-state index contributed by atoms with van der Waals surface area (Å²) in [5.74, 6) is -0.864. The van der Waals surface area contributed by atoms with E-state index in [2.05, 4.69) is 15.2 Å². The standard InChI is InChI=1S/C10H11FN4O2S/c1-15(7-8-5-13-14-6-8)18(16,17)10-9(11)3-2-4-12-10/h2-6H,7H2,1H3,(H,13,14). The van der Waals surface area contributed by atoms with Gasteiger partial charge in [0.15, 0.2) is 5.82 Å². The van der Waals surface area contributed by atoms with Crippen LogP contribution in [-0.2, 0) is 16.6 Å². The van der Waals surface area contributed by atoms with Crippen molar-refractivity contribution in [3.8, 4) is 0 Å². The van der Waals surface area contributed by atoms with Crippen LogP contribution in [0.2, 0.25) is 0 Å².